The normalized spacial score (nSPS) is 10.4. The van der Waals surface area contributed by atoms with Crippen LogP contribution in [0.3, 0.4) is 0 Å². The Bertz CT molecular complexity index is 506. The first-order chi connectivity index (χ1) is 9.28. The smallest absolute Gasteiger partial charge is 0.224 e. The van der Waals surface area contributed by atoms with Gasteiger partial charge in [-0.2, -0.15) is 5.10 Å². The molecule has 19 heavy (non-hydrogen) atoms. The molecule has 6 heteroatoms. The highest BCUT2D eigenvalue weighted by atomic mass is 16.1. The van der Waals surface area contributed by atoms with Gasteiger partial charge in [-0.1, -0.05) is 12.1 Å². The summed E-state index contributed by atoms with van der Waals surface area (Å²) in [6.45, 7) is 1.20. The summed E-state index contributed by atoms with van der Waals surface area (Å²) < 4.78 is 1.71. The van der Waals surface area contributed by atoms with E-state index >= 15 is 0 Å². The fraction of sp³-hybridized carbons (Fsp3) is 0.308. The van der Waals surface area contributed by atoms with Crippen molar-refractivity contribution in [2.24, 2.45) is 5.73 Å². The first-order valence-corrected chi connectivity index (χ1v) is 6.19. The van der Waals surface area contributed by atoms with E-state index in [1.807, 2.05) is 24.3 Å². The molecule has 0 unspecified atom stereocenters. The van der Waals surface area contributed by atoms with Gasteiger partial charge in [0.05, 0.1) is 0 Å². The van der Waals surface area contributed by atoms with Crippen molar-refractivity contribution < 1.29 is 4.79 Å². The molecule has 2 aromatic rings. The van der Waals surface area contributed by atoms with Crippen molar-refractivity contribution in [1.82, 2.24) is 14.8 Å². The Morgan fingerprint density at radius 2 is 2.11 bits per heavy atom. The van der Waals surface area contributed by atoms with Crippen LogP contribution in [0.25, 0.3) is 0 Å². The average Bonchev–Trinajstić information content (AvgIpc) is 2.93. The van der Waals surface area contributed by atoms with Crippen LogP contribution >= 0.6 is 0 Å². The molecule has 0 aliphatic heterocycles. The van der Waals surface area contributed by atoms with Crippen LogP contribution in [0.4, 0.5) is 5.69 Å². The minimum absolute atomic E-state index is 0.000568. The Morgan fingerprint density at radius 1 is 1.32 bits per heavy atom. The maximum atomic E-state index is 11.7. The summed E-state index contributed by atoms with van der Waals surface area (Å²) in [4.78, 5) is 15.6. The van der Waals surface area contributed by atoms with Crippen LogP contribution in [0.2, 0.25) is 0 Å². The molecule has 0 saturated carbocycles. The van der Waals surface area contributed by atoms with Gasteiger partial charge in [-0.15, -0.1) is 0 Å². The van der Waals surface area contributed by atoms with Gasteiger partial charge in [0.2, 0.25) is 5.91 Å². The molecule has 6 nitrogen and oxygen atoms in total. The lowest BCUT2D eigenvalue weighted by Gasteiger charge is -2.06. The highest BCUT2D eigenvalue weighted by Crippen LogP contribution is 2.09. The summed E-state index contributed by atoms with van der Waals surface area (Å²) in [6, 6.07) is 7.53. The minimum Gasteiger partial charge on any atom is -0.326 e. The second-order valence-electron chi connectivity index (χ2n) is 4.21. The number of carbonyl (C=O) groups excluding carboxylic acids is 1. The minimum atomic E-state index is 0.000568. The van der Waals surface area contributed by atoms with Crippen molar-refractivity contribution in [3.8, 4) is 0 Å². The number of carbonyl (C=O) groups is 1. The van der Waals surface area contributed by atoms with Gasteiger partial charge in [0.15, 0.2) is 0 Å². The number of hydrogen-bond donors (Lipinski definition) is 2. The molecular weight excluding hydrogens is 242 g/mol. The zero-order valence-corrected chi connectivity index (χ0v) is 10.6. The second kappa shape index (κ2) is 6.65. The monoisotopic (exact) mass is 259 g/mol. The van der Waals surface area contributed by atoms with Gasteiger partial charge in [-0.05, 0) is 24.1 Å². The fourth-order valence-corrected chi connectivity index (χ4v) is 1.70. The van der Waals surface area contributed by atoms with Gasteiger partial charge in [0.25, 0.3) is 0 Å². The number of aryl methyl sites for hydroxylation is 1. The molecule has 0 bridgehead atoms. The number of rotatable bonds is 6. The van der Waals surface area contributed by atoms with E-state index in [1.165, 1.54) is 6.33 Å². The Kier molecular flexibility index (Phi) is 4.63. The third-order valence-corrected chi connectivity index (χ3v) is 2.73. The lowest BCUT2D eigenvalue weighted by Crippen LogP contribution is -2.12. The van der Waals surface area contributed by atoms with Crippen molar-refractivity contribution >= 4 is 11.6 Å². The molecule has 1 amide bonds. The number of anilines is 1. The quantitative estimate of drug-likeness (QED) is 0.815. The largest absolute Gasteiger partial charge is 0.326 e. The summed E-state index contributed by atoms with van der Waals surface area (Å²) in [5.41, 5.74) is 7.35. The second-order valence-corrected chi connectivity index (χ2v) is 4.21. The number of amides is 1. The van der Waals surface area contributed by atoms with E-state index in [0.717, 1.165) is 17.7 Å². The average molecular weight is 259 g/mol. The Hall–Kier alpha value is -2.21. The molecule has 3 N–H and O–H groups in total. The molecule has 100 valence electrons. The van der Waals surface area contributed by atoms with Crippen LogP contribution in [0, 0.1) is 0 Å². The number of aromatic nitrogens is 3. The number of hydrogen-bond acceptors (Lipinski definition) is 4. The summed E-state index contributed by atoms with van der Waals surface area (Å²) in [5, 5.41) is 6.83. The zero-order valence-electron chi connectivity index (χ0n) is 10.6. The van der Waals surface area contributed by atoms with Crippen molar-refractivity contribution in [2.75, 3.05) is 5.32 Å². The molecule has 0 saturated heterocycles. The molecule has 0 aliphatic rings. The van der Waals surface area contributed by atoms with Gasteiger partial charge in [-0.25, -0.2) is 4.98 Å². The van der Waals surface area contributed by atoms with Gasteiger partial charge < -0.3 is 11.1 Å². The van der Waals surface area contributed by atoms with Crippen LogP contribution in [0.15, 0.2) is 36.9 Å². The van der Waals surface area contributed by atoms with E-state index < -0.39 is 0 Å². The molecule has 0 radical (unpaired) electrons. The van der Waals surface area contributed by atoms with Crippen molar-refractivity contribution in [2.45, 2.75) is 25.9 Å². The number of nitrogens with one attached hydrogen (secondary N) is 1. The number of benzene rings is 1. The van der Waals surface area contributed by atoms with Gasteiger partial charge in [-0.3, -0.25) is 9.48 Å². The highest BCUT2D eigenvalue weighted by Gasteiger charge is 2.02. The third kappa shape index (κ3) is 4.18. The molecule has 0 spiro atoms. The number of nitrogens with two attached hydrogens (primary N) is 1. The van der Waals surface area contributed by atoms with Crippen LogP contribution in [0.5, 0.6) is 0 Å². The van der Waals surface area contributed by atoms with E-state index in [0.29, 0.717) is 19.5 Å². The van der Waals surface area contributed by atoms with Crippen molar-refractivity contribution in [3.05, 3.63) is 42.5 Å². The van der Waals surface area contributed by atoms with Crippen LogP contribution in [-0.2, 0) is 17.9 Å². The highest BCUT2D eigenvalue weighted by molar-refractivity contribution is 5.90. The standard InChI is InChI=1S/C13H17N5O/c14-8-11-3-5-12(6-4-11)17-13(19)2-1-7-18-10-15-9-16-18/h3-6,9-10H,1-2,7-8,14H2,(H,17,19). The molecule has 1 heterocycles. The molecule has 0 aliphatic carbocycles. The fourth-order valence-electron chi connectivity index (χ4n) is 1.70. The summed E-state index contributed by atoms with van der Waals surface area (Å²) >= 11 is 0. The molecule has 2 rings (SSSR count). The summed E-state index contributed by atoms with van der Waals surface area (Å²) in [5.74, 6) is 0.000568. The summed E-state index contributed by atoms with van der Waals surface area (Å²) in [6.07, 6.45) is 4.32. The topological polar surface area (TPSA) is 85.8 Å². The van der Waals surface area contributed by atoms with Crippen LogP contribution < -0.4 is 11.1 Å². The van der Waals surface area contributed by atoms with E-state index in [-0.39, 0.29) is 5.91 Å². The van der Waals surface area contributed by atoms with Gasteiger partial charge in [0, 0.05) is 25.2 Å². The number of nitrogens with zero attached hydrogens (tertiary/aromatic N) is 3. The predicted molar refractivity (Wildman–Crippen MR) is 72.2 cm³/mol. The molecule has 0 fully saturated rings. The van der Waals surface area contributed by atoms with Crippen LogP contribution in [-0.4, -0.2) is 20.7 Å². The first-order valence-electron chi connectivity index (χ1n) is 6.19. The lowest BCUT2D eigenvalue weighted by atomic mass is 10.2. The Morgan fingerprint density at radius 3 is 2.74 bits per heavy atom. The molecule has 1 aromatic carbocycles. The predicted octanol–water partition coefficient (Wildman–Crippen LogP) is 1.16. The lowest BCUT2D eigenvalue weighted by molar-refractivity contribution is -0.116. The third-order valence-electron chi connectivity index (χ3n) is 2.73. The van der Waals surface area contributed by atoms with E-state index in [2.05, 4.69) is 15.4 Å². The molecule has 0 atom stereocenters. The Labute approximate surface area is 111 Å². The Balaban J connectivity index is 1.74. The zero-order chi connectivity index (χ0) is 13.5. The van der Waals surface area contributed by atoms with E-state index in [9.17, 15) is 4.79 Å². The summed E-state index contributed by atoms with van der Waals surface area (Å²) in [7, 11) is 0. The first kappa shape index (κ1) is 13.2. The van der Waals surface area contributed by atoms with Crippen molar-refractivity contribution in [1.29, 1.82) is 0 Å². The molecular formula is C13H17N5O. The van der Waals surface area contributed by atoms with Crippen LogP contribution in [0.1, 0.15) is 18.4 Å². The van der Waals surface area contributed by atoms with Crippen molar-refractivity contribution in [3.63, 3.8) is 0 Å². The van der Waals surface area contributed by atoms with E-state index in [1.54, 1.807) is 11.0 Å². The van der Waals surface area contributed by atoms with Gasteiger partial charge in [0.1, 0.15) is 12.7 Å². The maximum Gasteiger partial charge on any atom is 0.224 e. The SMILES string of the molecule is NCc1ccc(NC(=O)CCCn2cncn2)cc1. The molecule has 1 aromatic heterocycles. The van der Waals surface area contributed by atoms with E-state index in [4.69, 9.17) is 5.73 Å². The van der Waals surface area contributed by atoms with Gasteiger partial charge >= 0.3 is 0 Å². The maximum absolute atomic E-state index is 11.7.